The summed E-state index contributed by atoms with van der Waals surface area (Å²) in [6.07, 6.45) is -1.96. The molecule has 6 rings (SSSR count). The van der Waals surface area contributed by atoms with Crippen molar-refractivity contribution < 1.29 is 63.1 Å². The van der Waals surface area contributed by atoms with Gasteiger partial charge >= 0.3 is 5.97 Å². The van der Waals surface area contributed by atoms with E-state index >= 15 is 0 Å². The molecule has 66 heavy (non-hydrogen) atoms. The maximum atomic E-state index is 14.6. The summed E-state index contributed by atoms with van der Waals surface area (Å²) < 4.78 is 51.1. The normalized spacial score (nSPS) is 44.8. The lowest BCUT2D eigenvalue weighted by Crippen LogP contribution is -2.70. The van der Waals surface area contributed by atoms with E-state index in [1.165, 1.54) is 26.4 Å². The second kappa shape index (κ2) is 21.0. The van der Waals surface area contributed by atoms with Crippen LogP contribution in [0.5, 0.6) is 5.88 Å². The number of carbonyl (C=O) groups is 1. The number of aromatic nitrogens is 2. The van der Waals surface area contributed by atoms with Crippen molar-refractivity contribution in [3.8, 4) is 5.88 Å². The summed E-state index contributed by atoms with van der Waals surface area (Å²) in [7, 11) is 4.94. The first kappa shape index (κ1) is 52.5. The van der Waals surface area contributed by atoms with Gasteiger partial charge in [-0.2, -0.15) is 4.99 Å². The molecule has 5 heterocycles. The number of methoxy groups -OCH3 is 2. The van der Waals surface area contributed by atoms with Crippen molar-refractivity contribution in [1.82, 2.24) is 25.5 Å². The number of cyclic esters (lactones) is 1. The van der Waals surface area contributed by atoms with Crippen LogP contribution >= 0.6 is 0 Å². The zero-order valence-electron chi connectivity index (χ0n) is 41.4. The molecule has 0 bridgehead atoms. The first-order valence-electron chi connectivity index (χ1n) is 24.0. The summed E-state index contributed by atoms with van der Waals surface area (Å²) in [4.78, 5) is 29.7. The van der Waals surface area contributed by atoms with E-state index in [-0.39, 0.29) is 43.9 Å². The molecule has 6 N–H and O–H groups in total. The Kier molecular flexibility index (Phi) is 16.8. The van der Waals surface area contributed by atoms with E-state index in [0.29, 0.717) is 36.6 Å². The van der Waals surface area contributed by atoms with Crippen LogP contribution in [0, 0.1) is 23.7 Å². The highest BCUT2D eigenvalue weighted by Gasteiger charge is 2.59. The van der Waals surface area contributed by atoms with E-state index in [0.717, 1.165) is 19.4 Å². The number of aliphatic hydroxyl groups is 4. The molecule has 4 aliphatic heterocycles. The van der Waals surface area contributed by atoms with Crippen molar-refractivity contribution in [2.45, 2.75) is 198 Å². The Morgan fingerprint density at radius 2 is 1.70 bits per heavy atom. The van der Waals surface area contributed by atoms with Crippen LogP contribution in [-0.4, -0.2) is 178 Å². The second-order valence-corrected chi connectivity index (χ2v) is 20.6. The Morgan fingerprint density at radius 3 is 2.32 bits per heavy atom. The highest BCUT2D eigenvalue weighted by atomic mass is 16.7. The van der Waals surface area contributed by atoms with Crippen molar-refractivity contribution in [2.24, 2.45) is 28.7 Å². The van der Waals surface area contributed by atoms with E-state index < -0.39 is 95.5 Å². The largest absolute Gasteiger partial charge is 0.480 e. The Hall–Kier alpha value is -2.82. The van der Waals surface area contributed by atoms with Gasteiger partial charge in [0.05, 0.1) is 61.5 Å². The fourth-order valence-corrected chi connectivity index (χ4v) is 10.5. The van der Waals surface area contributed by atoms with Crippen LogP contribution in [-0.2, 0) is 38.0 Å². The van der Waals surface area contributed by atoms with E-state index in [4.69, 9.17) is 37.9 Å². The average molecular weight is 937 g/mol. The third-order valence-electron chi connectivity index (χ3n) is 15.1. The molecule has 0 radical (unpaired) electrons. The van der Waals surface area contributed by atoms with Gasteiger partial charge < -0.3 is 73.9 Å². The van der Waals surface area contributed by atoms with E-state index in [9.17, 15) is 25.2 Å². The number of nitrogens with zero attached hydrogens (tertiary/aromatic N) is 4. The second-order valence-electron chi connectivity index (χ2n) is 20.6. The Balaban J connectivity index is 1.37. The first-order valence-corrected chi connectivity index (χ1v) is 24.0. The Labute approximate surface area is 391 Å². The average Bonchev–Trinajstić information content (AvgIpc) is 4.05. The predicted molar refractivity (Wildman–Crippen MR) is 243 cm³/mol. The number of esters is 1. The highest BCUT2D eigenvalue weighted by molar-refractivity contribution is 5.79. The molecule has 1 aromatic rings. The van der Waals surface area contributed by atoms with Crippen LogP contribution in [0.15, 0.2) is 17.4 Å². The molecule has 1 aliphatic carbocycles. The minimum absolute atomic E-state index is 0.0926. The zero-order chi connectivity index (χ0) is 48.5. The van der Waals surface area contributed by atoms with Crippen LogP contribution < -0.4 is 15.4 Å². The smallest absolute Gasteiger partial charge is 0.311 e. The van der Waals surface area contributed by atoms with E-state index in [1.807, 2.05) is 39.6 Å². The molecule has 4 saturated heterocycles. The van der Waals surface area contributed by atoms with Crippen molar-refractivity contribution in [2.75, 3.05) is 40.9 Å². The summed E-state index contributed by atoms with van der Waals surface area (Å²) in [6, 6.07) is -0.554. The van der Waals surface area contributed by atoms with E-state index in [2.05, 4.69) is 25.6 Å². The van der Waals surface area contributed by atoms with Gasteiger partial charge in [0.25, 0.3) is 6.02 Å². The quantitative estimate of drug-likeness (QED) is 0.165. The third kappa shape index (κ3) is 11.3. The number of hydrogen-bond donors (Lipinski definition) is 6. The fourth-order valence-electron chi connectivity index (χ4n) is 10.5. The van der Waals surface area contributed by atoms with Crippen LogP contribution in [0.3, 0.4) is 0 Å². The number of hydrogen-bond acceptors (Lipinski definition) is 18. The lowest BCUT2D eigenvalue weighted by molar-refractivity contribution is -0.335. The molecule has 18 atom stereocenters. The van der Waals surface area contributed by atoms with Crippen molar-refractivity contribution in [3.63, 3.8) is 0 Å². The van der Waals surface area contributed by atoms with Crippen LogP contribution in [0.4, 0.5) is 5.82 Å². The van der Waals surface area contributed by atoms with E-state index in [1.54, 1.807) is 41.7 Å². The van der Waals surface area contributed by atoms with Crippen molar-refractivity contribution >= 4 is 17.8 Å². The number of likely N-dealkylation sites (N-methyl/N-ethyl adjacent to an activating group) is 1. The van der Waals surface area contributed by atoms with Gasteiger partial charge in [-0.05, 0) is 105 Å². The zero-order valence-corrected chi connectivity index (χ0v) is 41.4. The first-order chi connectivity index (χ1) is 31.0. The summed E-state index contributed by atoms with van der Waals surface area (Å²) in [5.41, 5.74) is -6.01. The summed E-state index contributed by atoms with van der Waals surface area (Å²) in [5.74, 6) is -1.46. The SMILES string of the molecule is CC[C@H]1OC(=O)[C@H](C)[C@@H](O[C@H]2C[C@@](C)(OC)[C@](O)(CNCC3CC3)[C@H](C)O2)[C@H](C)[C@@H](O[C@@H]2O[C@H](C)C[C@H]3[C@H]2O/C(=N\c2cnc(OC)cn2)N3C)[C@](C)(O)C[C@@H](C)CN[C@H](C)[C@@H](O)[C@]1(C)O. The molecule has 5 aliphatic rings. The topological polar surface area (TPSA) is 237 Å². The standard InChI is InChI=1S/C47H80N6O13/c1-14-33-46(10,57)39(54)29(6)49-20-25(2)18-44(8,56)40(66-42-38-32(17-26(3)61-42)53(11)43(65-38)52-34-22-51-35(59-12)23-50-34)27(4)37(28(5)41(55)63-33)64-36-19-45(9,60-13)47(58,30(7)62-36)24-48-21-31-15-16-31/h22-23,25-33,36-40,42,48-49,54,56-58H,14-21,24H2,1-13H3/b52-43-/t25-,26-,27+,28-,29-,30+,32+,33-,36+,37+,38-,39-,40-,42+,44-,45-,46-,47+/m1/s1. The molecule has 0 aromatic carbocycles. The van der Waals surface area contributed by atoms with Crippen molar-refractivity contribution in [3.05, 3.63) is 12.4 Å². The molecule has 1 aromatic heterocycles. The number of aliphatic imine (C=N–C) groups is 1. The van der Waals surface area contributed by atoms with Gasteiger partial charge in [-0.15, -0.1) is 0 Å². The molecular formula is C47H80N6O13. The van der Waals surface area contributed by atoms with Crippen LogP contribution in [0.25, 0.3) is 0 Å². The number of rotatable bonds is 12. The number of carbonyl (C=O) groups excluding carboxylic acids is 1. The molecule has 19 heteroatoms. The predicted octanol–water partition coefficient (Wildman–Crippen LogP) is 2.82. The molecule has 376 valence electrons. The fraction of sp³-hybridized carbons (Fsp3) is 0.872. The Bertz CT molecular complexity index is 1790. The molecule has 0 unspecified atom stereocenters. The minimum Gasteiger partial charge on any atom is -0.480 e. The number of fused-ring (bicyclic) bond motifs is 1. The lowest BCUT2D eigenvalue weighted by Gasteiger charge is -2.53. The van der Waals surface area contributed by atoms with Gasteiger partial charge in [0, 0.05) is 39.1 Å². The maximum absolute atomic E-state index is 14.6. The van der Waals surface area contributed by atoms with Gasteiger partial charge in [-0.3, -0.25) is 4.79 Å². The number of nitrogens with one attached hydrogen (secondary N) is 2. The summed E-state index contributed by atoms with van der Waals surface area (Å²) in [6.45, 7) is 19.2. The monoisotopic (exact) mass is 937 g/mol. The van der Waals surface area contributed by atoms with Crippen LogP contribution in [0.1, 0.15) is 108 Å². The molecule has 0 spiro atoms. The van der Waals surface area contributed by atoms with Crippen LogP contribution in [0.2, 0.25) is 0 Å². The highest BCUT2D eigenvalue weighted by Crippen LogP contribution is 2.44. The number of amidine groups is 1. The van der Waals surface area contributed by atoms with Gasteiger partial charge in [0.15, 0.2) is 24.5 Å². The molecule has 0 amide bonds. The van der Waals surface area contributed by atoms with Crippen molar-refractivity contribution in [1.29, 1.82) is 0 Å². The molecular weight excluding hydrogens is 857 g/mol. The summed E-state index contributed by atoms with van der Waals surface area (Å²) >= 11 is 0. The van der Waals surface area contributed by atoms with Gasteiger partial charge in [-0.25, -0.2) is 9.97 Å². The Morgan fingerprint density at radius 1 is 0.985 bits per heavy atom. The third-order valence-corrected chi connectivity index (χ3v) is 15.1. The van der Waals surface area contributed by atoms with Gasteiger partial charge in [-0.1, -0.05) is 20.8 Å². The maximum Gasteiger partial charge on any atom is 0.311 e. The number of ether oxygens (including phenoxy) is 8. The van der Waals surface area contributed by atoms with Gasteiger partial charge in [0.2, 0.25) is 5.88 Å². The van der Waals surface area contributed by atoms with Gasteiger partial charge in [0.1, 0.15) is 29.0 Å². The lowest BCUT2D eigenvalue weighted by atomic mass is 9.75. The summed E-state index contributed by atoms with van der Waals surface area (Å²) in [5, 5.41) is 55.2. The minimum atomic E-state index is -1.83. The molecule has 19 nitrogen and oxygen atoms in total. The molecule has 5 fully saturated rings. The molecule has 1 saturated carbocycles. The number of aliphatic hydroxyl groups excluding tert-OH is 1.